The zero-order valence-corrected chi connectivity index (χ0v) is 13.4. The Hall–Kier alpha value is -2.68. The largest absolute Gasteiger partial charge is 0.365 e. The Labute approximate surface area is 139 Å². The average molecular weight is 334 g/mol. The summed E-state index contributed by atoms with van der Waals surface area (Å²) >= 11 is 0. The number of anilines is 1. The Morgan fingerprint density at radius 1 is 1.29 bits per heavy atom. The van der Waals surface area contributed by atoms with E-state index in [9.17, 15) is 14.9 Å². The van der Waals surface area contributed by atoms with E-state index in [0.29, 0.717) is 11.4 Å². The van der Waals surface area contributed by atoms with E-state index < -0.39 is 17.0 Å². The molecule has 0 bridgehead atoms. The second-order valence-electron chi connectivity index (χ2n) is 5.80. The minimum absolute atomic E-state index is 0.0607. The van der Waals surface area contributed by atoms with E-state index in [1.165, 1.54) is 12.1 Å². The van der Waals surface area contributed by atoms with Crippen LogP contribution in [0.2, 0.25) is 0 Å². The van der Waals surface area contributed by atoms with Crippen LogP contribution < -0.4 is 16.5 Å². The maximum atomic E-state index is 12.3. The molecule has 1 aliphatic heterocycles. The van der Waals surface area contributed by atoms with Crippen LogP contribution in [-0.2, 0) is 11.2 Å². The maximum Gasteiger partial charge on any atom is 0.258 e. The van der Waals surface area contributed by atoms with Gasteiger partial charge in [0.2, 0.25) is 5.91 Å². The minimum atomic E-state index is -0.761. The third kappa shape index (κ3) is 4.19. The molecule has 1 atom stereocenters. The SMILES string of the molecule is N=C(N)N(c1ccc(C[C@H](N)C(=O)N2CCCCC2)cc1)[N+](=O)[O-]. The lowest BCUT2D eigenvalue weighted by molar-refractivity contribution is -0.479. The number of hydrazine groups is 1. The van der Waals surface area contributed by atoms with Crippen molar-refractivity contribution in [1.82, 2.24) is 4.90 Å². The quantitative estimate of drug-likeness (QED) is 0.309. The Morgan fingerprint density at radius 2 is 1.88 bits per heavy atom. The first-order chi connectivity index (χ1) is 11.4. The molecular weight excluding hydrogens is 312 g/mol. The van der Waals surface area contributed by atoms with Crippen LogP contribution in [0.4, 0.5) is 5.69 Å². The van der Waals surface area contributed by atoms with Gasteiger partial charge in [0, 0.05) is 13.1 Å². The molecule has 0 saturated carbocycles. The fourth-order valence-corrected chi connectivity index (χ4v) is 2.78. The highest BCUT2D eigenvalue weighted by Gasteiger charge is 2.24. The number of likely N-dealkylation sites (tertiary alicyclic amines) is 1. The number of hydrogen-bond acceptors (Lipinski definition) is 5. The van der Waals surface area contributed by atoms with Gasteiger partial charge in [0.05, 0.1) is 6.04 Å². The van der Waals surface area contributed by atoms with Crippen LogP contribution in [0.1, 0.15) is 24.8 Å². The predicted octanol–water partition coefficient (Wildman–Crippen LogP) is 0.460. The molecule has 1 aromatic rings. The van der Waals surface area contributed by atoms with Crippen molar-refractivity contribution in [2.24, 2.45) is 11.5 Å². The van der Waals surface area contributed by atoms with Crippen molar-refractivity contribution in [3.8, 4) is 0 Å². The van der Waals surface area contributed by atoms with Crippen LogP contribution in [0, 0.1) is 15.5 Å². The van der Waals surface area contributed by atoms with Crippen molar-refractivity contribution >= 4 is 17.6 Å². The first-order valence-electron chi connectivity index (χ1n) is 7.82. The summed E-state index contributed by atoms with van der Waals surface area (Å²) in [6.45, 7) is 1.50. The summed E-state index contributed by atoms with van der Waals surface area (Å²) in [6, 6.07) is 5.64. The van der Waals surface area contributed by atoms with Crippen LogP contribution in [0.15, 0.2) is 24.3 Å². The number of hydrogen-bond donors (Lipinski definition) is 3. The van der Waals surface area contributed by atoms with Crippen molar-refractivity contribution in [1.29, 1.82) is 5.41 Å². The molecule has 0 aromatic heterocycles. The number of nitrogens with zero attached hydrogens (tertiary/aromatic N) is 3. The van der Waals surface area contributed by atoms with E-state index in [2.05, 4.69) is 0 Å². The van der Waals surface area contributed by atoms with E-state index in [1.54, 1.807) is 17.0 Å². The van der Waals surface area contributed by atoms with Gasteiger partial charge in [-0.1, -0.05) is 12.1 Å². The fraction of sp³-hybridized carbons (Fsp3) is 0.467. The van der Waals surface area contributed by atoms with Crippen molar-refractivity contribution in [2.45, 2.75) is 31.7 Å². The second kappa shape index (κ2) is 7.73. The number of nitrogens with two attached hydrogens (primary N) is 2. The van der Waals surface area contributed by atoms with Gasteiger partial charge in [-0.25, -0.2) is 10.1 Å². The maximum absolute atomic E-state index is 12.3. The molecule has 1 saturated heterocycles. The summed E-state index contributed by atoms with van der Waals surface area (Å²) in [7, 11) is 0. The number of amides is 1. The molecule has 0 radical (unpaired) electrons. The van der Waals surface area contributed by atoms with Crippen LogP contribution >= 0.6 is 0 Å². The van der Waals surface area contributed by atoms with Crippen LogP contribution in [0.25, 0.3) is 0 Å². The number of guanidine groups is 1. The summed E-state index contributed by atoms with van der Waals surface area (Å²) in [5.41, 5.74) is 12.2. The van der Waals surface area contributed by atoms with Gasteiger partial charge >= 0.3 is 0 Å². The first-order valence-corrected chi connectivity index (χ1v) is 7.82. The summed E-state index contributed by atoms with van der Waals surface area (Å²) < 4.78 is 0. The Balaban J connectivity index is 2.01. The summed E-state index contributed by atoms with van der Waals surface area (Å²) in [5.74, 6) is -0.737. The van der Waals surface area contributed by atoms with Crippen LogP contribution in [-0.4, -0.2) is 40.9 Å². The lowest BCUT2D eigenvalue weighted by Gasteiger charge is -2.29. The van der Waals surface area contributed by atoms with Gasteiger partial charge in [-0.15, -0.1) is 0 Å². The molecule has 5 N–H and O–H groups in total. The number of benzene rings is 1. The molecule has 0 spiro atoms. The number of nitro groups is 1. The predicted molar refractivity (Wildman–Crippen MR) is 89.9 cm³/mol. The molecule has 1 fully saturated rings. The van der Waals surface area contributed by atoms with E-state index >= 15 is 0 Å². The average Bonchev–Trinajstić information content (AvgIpc) is 2.56. The van der Waals surface area contributed by atoms with Gasteiger partial charge in [-0.3, -0.25) is 10.2 Å². The van der Waals surface area contributed by atoms with Gasteiger partial charge in [-0.05, 0) is 48.4 Å². The minimum Gasteiger partial charge on any atom is -0.365 e. The lowest BCUT2D eigenvalue weighted by atomic mass is 10.0. The van der Waals surface area contributed by atoms with Gasteiger partial charge in [0.15, 0.2) is 5.03 Å². The molecule has 130 valence electrons. The Kier molecular flexibility index (Phi) is 5.69. The molecule has 9 nitrogen and oxygen atoms in total. The smallest absolute Gasteiger partial charge is 0.258 e. The number of rotatable bonds is 5. The Morgan fingerprint density at radius 3 is 2.38 bits per heavy atom. The molecule has 24 heavy (non-hydrogen) atoms. The van der Waals surface area contributed by atoms with Gasteiger partial charge in [-0.2, -0.15) is 0 Å². The molecule has 1 heterocycles. The molecule has 1 aromatic carbocycles. The van der Waals surface area contributed by atoms with E-state index in [0.717, 1.165) is 37.9 Å². The number of carbonyl (C=O) groups is 1. The summed E-state index contributed by atoms with van der Waals surface area (Å²) in [4.78, 5) is 25.0. The van der Waals surface area contributed by atoms with Gasteiger partial charge in [0.1, 0.15) is 5.69 Å². The Bertz CT molecular complexity index is 598. The molecular formula is C15H22N6O3. The molecule has 2 rings (SSSR count). The normalized spacial score (nSPS) is 15.6. The standard InChI is InChI=1S/C15H22N6O3/c16-13(14(22)19-8-2-1-3-9-19)10-11-4-6-12(7-5-11)20(15(17)18)21(23)24/h4-7,13H,1-3,8-10,16H2,(H3,17,18)/t13-/m0/s1. The first kappa shape index (κ1) is 17.7. The van der Waals surface area contributed by atoms with Crippen LogP contribution in [0.5, 0.6) is 0 Å². The second-order valence-corrected chi connectivity index (χ2v) is 5.80. The van der Waals surface area contributed by atoms with E-state index in [1.807, 2.05) is 0 Å². The number of piperidine rings is 1. The monoisotopic (exact) mass is 334 g/mol. The highest BCUT2D eigenvalue weighted by Crippen LogP contribution is 2.17. The molecule has 0 unspecified atom stereocenters. The van der Waals surface area contributed by atoms with E-state index in [-0.39, 0.29) is 11.6 Å². The molecule has 0 aliphatic carbocycles. The highest BCUT2D eigenvalue weighted by atomic mass is 16.7. The van der Waals surface area contributed by atoms with Crippen molar-refractivity contribution in [2.75, 3.05) is 18.1 Å². The zero-order chi connectivity index (χ0) is 17.7. The van der Waals surface area contributed by atoms with Crippen molar-refractivity contribution < 1.29 is 9.83 Å². The molecule has 9 heteroatoms. The molecule has 1 amide bonds. The van der Waals surface area contributed by atoms with E-state index in [4.69, 9.17) is 16.9 Å². The number of nitrogens with one attached hydrogen (secondary N) is 1. The van der Waals surface area contributed by atoms with Gasteiger partial charge in [0.25, 0.3) is 5.96 Å². The van der Waals surface area contributed by atoms with Gasteiger partial charge < -0.3 is 16.4 Å². The summed E-state index contributed by atoms with van der Waals surface area (Å²) in [5, 5.41) is 17.9. The highest BCUT2D eigenvalue weighted by molar-refractivity contribution is 5.90. The topological polar surface area (TPSA) is 143 Å². The zero-order valence-electron chi connectivity index (χ0n) is 13.4. The third-order valence-corrected chi connectivity index (χ3v) is 4.01. The summed E-state index contributed by atoms with van der Waals surface area (Å²) in [6.07, 6.45) is 3.52. The number of carbonyl (C=O) groups excluding carboxylic acids is 1. The lowest BCUT2D eigenvalue weighted by Crippen LogP contribution is -2.46. The fourth-order valence-electron chi connectivity index (χ4n) is 2.78. The van der Waals surface area contributed by atoms with Crippen molar-refractivity contribution in [3.05, 3.63) is 39.9 Å². The molecule has 1 aliphatic rings. The third-order valence-electron chi connectivity index (χ3n) is 4.01. The van der Waals surface area contributed by atoms with Crippen molar-refractivity contribution in [3.63, 3.8) is 0 Å². The van der Waals surface area contributed by atoms with Crippen LogP contribution in [0.3, 0.4) is 0 Å².